The van der Waals surface area contributed by atoms with Crippen LogP contribution in [0.2, 0.25) is 0 Å². The number of benzene rings is 1. The molecule has 2 aromatic rings. The van der Waals surface area contributed by atoms with E-state index in [2.05, 4.69) is 17.1 Å². The van der Waals surface area contributed by atoms with Gasteiger partial charge in [0, 0.05) is 32.4 Å². The van der Waals surface area contributed by atoms with Gasteiger partial charge in [0.05, 0.1) is 11.1 Å². The molecule has 2 aliphatic rings. The lowest BCUT2D eigenvalue weighted by Gasteiger charge is -2.36. The first kappa shape index (κ1) is 13.4. The van der Waals surface area contributed by atoms with Crippen molar-refractivity contribution < 1.29 is 9.32 Å². The fourth-order valence-electron chi connectivity index (χ4n) is 3.83. The second-order valence-corrected chi connectivity index (χ2v) is 8.44. The monoisotopic (exact) mass is 301 g/mol. The topological polar surface area (TPSA) is 50.2 Å². The normalized spacial score (nSPS) is 35.2. The minimum absolute atomic E-state index is 0.167. The van der Waals surface area contributed by atoms with Gasteiger partial charge < -0.3 is 5.11 Å². The van der Waals surface area contributed by atoms with E-state index in [1.165, 1.54) is 0 Å². The molecule has 4 heteroatoms. The molecule has 21 heavy (non-hydrogen) atoms. The summed E-state index contributed by atoms with van der Waals surface area (Å²) in [6, 6.07) is 10.1. The van der Waals surface area contributed by atoms with Crippen LogP contribution < -0.4 is 0 Å². The van der Waals surface area contributed by atoms with Crippen LogP contribution in [-0.2, 0) is 16.4 Å². The van der Waals surface area contributed by atoms with Crippen molar-refractivity contribution in [3.63, 3.8) is 0 Å². The van der Waals surface area contributed by atoms with E-state index in [-0.39, 0.29) is 10.5 Å². The van der Waals surface area contributed by atoms with Gasteiger partial charge in [-0.25, -0.2) is 0 Å². The largest absolute Gasteiger partial charge is 0.385 e. The Balaban J connectivity index is 1.76. The Hall–Kier alpha value is -1.26. The van der Waals surface area contributed by atoms with Gasteiger partial charge in [-0.05, 0) is 56.4 Å². The molecule has 2 aliphatic heterocycles. The summed E-state index contributed by atoms with van der Waals surface area (Å²) < 4.78 is 12.1. The van der Waals surface area contributed by atoms with Crippen LogP contribution in [0.5, 0.6) is 0 Å². The molecule has 2 atom stereocenters. The Labute approximate surface area is 126 Å². The predicted octanol–water partition coefficient (Wildman–Crippen LogP) is 2.80. The van der Waals surface area contributed by atoms with Gasteiger partial charge in [0.2, 0.25) is 0 Å². The fourth-order valence-corrected chi connectivity index (χ4v) is 5.99. The van der Waals surface area contributed by atoms with Crippen LogP contribution in [0.3, 0.4) is 0 Å². The summed E-state index contributed by atoms with van der Waals surface area (Å²) in [5.41, 5.74) is 2.10. The Morgan fingerprint density at radius 2 is 1.90 bits per heavy atom. The molecule has 0 spiro atoms. The van der Waals surface area contributed by atoms with Gasteiger partial charge >= 0.3 is 0 Å². The summed E-state index contributed by atoms with van der Waals surface area (Å²) in [7, 11) is -0.742. The zero-order valence-electron chi connectivity index (χ0n) is 12.1. The Bertz CT molecular complexity index is 727. The van der Waals surface area contributed by atoms with Crippen molar-refractivity contribution in [3.8, 4) is 0 Å². The van der Waals surface area contributed by atoms with E-state index in [1.54, 1.807) is 0 Å². The summed E-state index contributed by atoms with van der Waals surface area (Å²) in [5.74, 6) is 0. The first-order chi connectivity index (χ1) is 10.0. The molecule has 1 aromatic heterocycles. The third-order valence-corrected chi connectivity index (χ3v) is 7.08. The van der Waals surface area contributed by atoms with Gasteiger partial charge in [-0.1, -0.05) is 12.1 Å². The predicted molar refractivity (Wildman–Crippen MR) is 84.6 cm³/mol. The van der Waals surface area contributed by atoms with E-state index in [1.807, 2.05) is 25.1 Å². The Kier molecular flexibility index (Phi) is 2.95. The lowest BCUT2D eigenvalue weighted by atomic mass is 9.85. The van der Waals surface area contributed by atoms with Crippen molar-refractivity contribution in [2.75, 3.05) is 0 Å². The molecule has 0 aliphatic carbocycles. The second-order valence-electron chi connectivity index (χ2n) is 6.45. The number of rotatable bonds is 1. The van der Waals surface area contributed by atoms with Crippen LogP contribution in [0.1, 0.15) is 36.9 Å². The minimum Gasteiger partial charge on any atom is -0.385 e. The highest BCUT2D eigenvalue weighted by atomic mass is 32.2. The van der Waals surface area contributed by atoms with Crippen molar-refractivity contribution in [2.45, 2.75) is 48.7 Å². The van der Waals surface area contributed by atoms with Gasteiger partial charge in [-0.2, -0.15) is 0 Å². The first-order valence-corrected chi connectivity index (χ1v) is 8.82. The lowest BCUT2D eigenvalue weighted by Crippen LogP contribution is -2.40. The highest BCUT2D eigenvalue weighted by molar-refractivity contribution is 7.86. The quantitative estimate of drug-likeness (QED) is 0.881. The van der Waals surface area contributed by atoms with Crippen LogP contribution in [0.15, 0.2) is 30.3 Å². The van der Waals surface area contributed by atoms with Crippen LogP contribution in [-0.4, -0.2) is 24.8 Å². The summed E-state index contributed by atoms with van der Waals surface area (Å²) in [5, 5.41) is 12.5. The van der Waals surface area contributed by atoms with E-state index >= 15 is 0 Å². The zero-order chi connectivity index (χ0) is 14.6. The van der Waals surface area contributed by atoms with Crippen molar-refractivity contribution >= 4 is 21.7 Å². The van der Waals surface area contributed by atoms with Gasteiger partial charge in [0.15, 0.2) is 0 Å². The maximum atomic E-state index is 12.1. The molecule has 3 nitrogen and oxygen atoms in total. The number of aliphatic hydroxyl groups is 1. The lowest BCUT2D eigenvalue weighted by molar-refractivity contribution is 0.0186. The van der Waals surface area contributed by atoms with Crippen molar-refractivity contribution in [1.29, 1.82) is 0 Å². The molecule has 0 radical (unpaired) electrons. The average Bonchev–Trinajstić information content (AvgIpc) is 2.70. The number of hydrogen-bond donors (Lipinski definition) is 1. The molecule has 3 heterocycles. The minimum atomic E-state index is -0.821. The van der Waals surface area contributed by atoms with Gasteiger partial charge in [-0.3, -0.25) is 9.19 Å². The summed E-state index contributed by atoms with van der Waals surface area (Å²) in [6.45, 7) is 1.98. The molecule has 2 unspecified atom stereocenters. The number of nitrogens with zero attached hydrogens (tertiary/aromatic N) is 1. The van der Waals surface area contributed by atoms with Crippen LogP contribution in [0.4, 0.5) is 0 Å². The molecule has 2 bridgehead atoms. The van der Waals surface area contributed by atoms with Crippen LogP contribution in [0.25, 0.3) is 10.9 Å². The summed E-state index contributed by atoms with van der Waals surface area (Å²) in [4.78, 5) is 4.51. The van der Waals surface area contributed by atoms with E-state index < -0.39 is 16.4 Å². The van der Waals surface area contributed by atoms with Crippen molar-refractivity contribution in [1.82, 2.24) is 4.98 Å². The number of fused-ring (bicyclic) bond motifs is 3. The van der Waals surface area contributed by atoms with Crippen LogP contribution in [0, 0.1) is 6.92 Å². The number of pyridine rings is 1. The SMILES string of the molecule is Cc1ccc2cc(C3(O)CC4CCC(C3)S4=O)ccc2n1. The zero-order valence-corrected chi connectivity index (χ0v) is 12.9. The van der Waals surface area contributed by atoms with Crippen LogP contribution >= 0.6 is 0 Å². The molecule has 2 fully saturated rings. The van der Waals surface area contributed by atoms with Crippen molar-refractivity contribution in [2.24, 2.45) is 0 Å². The van der Waals surface area contributed by atoms with Gasteiger partial charge in [0.25, 0.3) is 0 Å². The standard InChI is InChI=1S/C17H19NO2S/c1-11-2-3-12-8-13(4-7-16(12)18-11)17(19)9-14-5-6-15(10-17)21(14)20/h2-4,7-8,14-15,19H,5-6,9-10H2,1H3. The molecule has 1 aromatic carbocycles. The fraction of sp³-hybridized carbons (Fsp3) is 0.471. The molecular weight excluding hydrogens is 282 g/mol. The summed E-state index contributed by atoms with van der Waals surface area (Å²) in [6.07, 6.45) is 3.24. The second kappa shape index (κ2) is 4.62. The van der Waals surface area contributed by atoms with E-state index in [4.69, 9.17) is 0 Å². The number of aromatic nitrogens is 1. The highest BCUT2D eigenvalue weighted by Gasteiger charge is 2.48. The maximum absolute atomic E-state index is 12.1. The molecule has 110 valence electrons. The Morgan fingerprint density at radius 3 is 2.62 bits per heavy atom. The highest BCUT2D eigenvalue weighted by Crippen LogP contribution is 2.46. The number of aryl methyl sites for hydroxylation is 1. The molecule has 0 saturated carbocycles. The van der Waals surface area contributed by atoms with E-state index in [0.29, 0.717) is 12.8 Å². The third-order valence-electron chi connectivity index (χ3n) is 4.96. The molecule has 2 saturated heterocycles. The smallest absolute Gasteiger partial charge is 0.0919 e. The van der Waals surface area contributed by atoms with Gasteiger partial charge in [-0.15, -0.1) is 0 Å². The van der Waals surface area contributed by atoms with E-state index in [9.17, 15) is 9.32 Å². The molecule has 1 N–H and O–H groups in total. The number of hydrogen-bond acceptors (Lipinski definition) is 3. The van der Waals surface area contributed by atoms with E-state index in [0.717, 1.165) is 35.0 Å². The summed E-state index contributed by atoms with van der Waals surface area (Å²) >= 11 is 0. The van der Waals surface area contributed by atoms with Crippen molar-refractivity contribution in [3.05, 3.63) is 41.6 Å². The third kappa shape index (κ3) is 2.12. The molecular formula is C17H19NO2S. The molecule has 4 rings (SSSR count). The maximum Gasteiger partial charge on any atom is 0.0919 e. The average molecular weight is 301 g/mol. The first-order valence-electron chi connectivity index (χ1n) is 7.55. The van der Waals surface area contributed by atoms with Gasteiger partial charge in [0.1, 0.15) is 0 Å². The Morgan fingerprint density at radius 1 is 1.19 bits per heavy atom. The molecule has 0 amide bonds.